The summed E-state index contributed by atoms with van der Waals surface area (Å²) in [7, 11) is 0. The van der Waals surface area contributed by atoms with Crippen molar-refractivity contribution in [2.24, 2.45) is 11.8 Å². The van der Waals surface area contributed by atoms with Gasteiger partial charge in [0.1, 0.15) is 5.60 Å². The molecule has 4 unspecified atom stereocenters. The molecule has 0 aromatic rings. The molecule has 1 rings (SSSR count). The van der Waals surface area contributed by atoms with Gasteiger partial charge in [0.05, 0.1) is 6.10 Å². The topological polar surface area (TPSA) is 61.8 Å². The Bertz CT molecular complexity index is 352. The van der Waals surface area contributed by atoms with Gasteiger partial charge in [-0.15, -0.1) is 0 Å². The van der Waals surface area contributed by atoms with Gasteiger partial charge in [0.2, 0.25) is 0 Å². The summed E-state index contributed by atoms with van der Waals surface area (Å²) in [6.45, 7) is 14.2. The Balaban J connectivity index is 2.48. The Morgan fingerprint density at radius 1 is 1.41 bits per heavy atom. The van der Waals surface area contributed by atoms with E-state index in [4.69, 9.17) is 4.74 Å². The van der Waals surface area contributed by atoms with Gasteiger partial charge < -0.3 is 20.1 Å². The van der Waals surface area contributed by atoms with Gasteiger partial charge in [-0.2, -0.15) is 0 Å². The van der Waals surface area contributed by atoms with Crippen LogP contribution in [0.1, 0.15) is 54.4 Å². The molecule has 0 aliphatic carbocycles. The molecule has 1 saturated heterocycles. The first kappa shape index (κ1) is 19.2. The zero-order valence-electron chi connectivity index (χ0n) is 15.1. The third-order valence-electron chi connectivity index (χ3n) is 4.08. The number of amides is 1. The minimum absolute atomic E-state index is 0.219. The number of hydrogen-bond acceptors (Lipinski definition) is 4. The lowest BCUT2D eigenvalue weighted by Crippen LogP contribution is -2.53. The minimum Gasteiger partial charge on any atom is -0.444 e. The normalized spacial score (nSPS) is 25.7. The molecule has 5 nitrogen and oxygen atoms in total. The number of nitrogens with one attached hydrogen (secondary N) is 1. The summed E-state index contributed by atoms with van der Waals surface area (Å²) >= 11 is 0. The highest BCUT2D eigenvalue weighted by Crippen LogP contribution is 2.20. The van der Waals surface area contributed by atoms with Gasteiger partial charge >= 0.3 is 6.09 Å². The van der Waals surface area contributed by atoms with Gasteiger partial charge in [0, 0.05) is 19.1 Å². The molecular formula is C17H34N2O3. The number of carbonyl (C=O) groups is 1. The fraction of sp³-hybridized carbons (Fsp3) is 0.941. The maximum Gasteiger partial charge on any atom is 0.410 e. The van der Waals surface area contributed by atoms with Crippen LogP contribution in [0.4, 0.5) is 4.79 Å². The average molecular weight is 314 g/mol. The van der Waals surface area contributed by atoms with Crippen LogP contribution in [0.15, 0.2) is 0 Å². The Kier molecular flexibility index (Phi) is 7.13. The summed E-state index contributed by atoms with van der Waals surface area (Å²) in [6, 6.07) is 0.290. The highest BCUT2D eigenvalue weighted by Gasteiger charge is 2.31. The zero-order chi connectivity index (χ0) is 16.9. The lowest BCUT2D eigenvalue weighted by atomic mass is 9.93. The van der Waals surface area contributed by atoms with Crippen molar-refractivity contribution < 1.29 is 14.6 Å². The van der Waals surface area contributed by atoms with Crippen LogP contribution in [0.5, 0.6) is 0 Å². The summed E-state index contributed by atoms with van der Waals surface area (Å²) in [6.07, 6.45) is 1.30. The van der Waals surface area contributed by atoms with E-state index in [0.717, 1.165) is 25.9 Å². The van der Waals surface area contributed by atoms with Crippen LogP contribution in [0.25, 0.3) is 0 Å². The summed E-state index contributed by atoms with van der Waals surface area (Å²) in [5.41, 5.74) is -0.450. The molecule has 1 fully saturated rings. The smallest absolute Gasteiger partial charge is 0.410 e. The maximum atomic E-state index is 12.2. The van der Waals surface area contributed by atoms with Crippen molar-refractivity contribution in [1.29, 1.82) is 0 Å². The molecule has 0 aromatic heterocycles. The van der Waals surface area contributed by atoms with Gasteiger partial charge in [-0.1, -0.05) is 13.8 Å². The molecular weight excluding hydrogens is 280 g/mol. The van der Waals surface area contributed by atoms with Crippen LogP contribution in [0.2, 0.25) is 0 Å². The highest BCUT2D eigenvalue weighted by molar-refractivity contribution is 5.68. The Labute approximate surface area is 135 Å². The van der Waals surface area contributed by atoms with E-state index in [1.54, 1.807) is 0 Å². The molecule has 2 N–H and O–H groups in total. The first-order valence-corrected chi connectivity index (χ1v) is 8.48. The van der Waals surface area contributed by atoms with Gasteiger partial charge in [-0.05, 0) is 58.9 Å². The van der Waals surface area contributed by atoms with E-state index >= 15 is 0 Å². The second kappa shape index (κ2) is 8.16. The van der Waals surface area contributed by atoms with Crippen molar-refractivity contribution in [3.63, 3.8) is 0 Å². The van der Waals surface area contributed by atoms with Crippen LogP contribution in [0, 0.1) is 11.8 Å². The van der Waals surface area contributed by atoms with E-state index in [-0.39, 0.29) is 18.2 Å². The largest absolute Gasteiger partial charge is 0.444 e. The minimum atomic E-state index is -0.450. The lowest BCUT2D eigenvalue weighted by Gasteiger charge is -2.38. The van der Waals surface area contributed by atoms with Gasteiger partial charge in [-0.3, -0.25) is 0 Å². The van der Waals surface area contributed by atoms with E-state index in [1.807, 2.05) is 32.6 Å². The first-order chi connectivity index (χ1) is 10.1. The number of ether oxygens (including phenoxy) is 1. The standard InChI is InChI=1S/C17H34N2O3/c1-12(9-14(3)20)10-18-15-11-19(8-7-13(15)2)16(21)22-17(4,5)6/h12-15,18,20H,7-11H2,1-6H3. The number of nitrogens with zero attached hydrogens (tertiary/aromatic N) is 1. The molecule has 1 heterocycles. The molecule has 0 radical (unpaired) electrons. The number of aliphatic hydroxyl groups is 1. The molecule has 130 valence electrons. The average Bonchev–Trinajstić information content (AvgIpc) is 2.34. The molecule has 0 aromatic carbocycles. The second-order valence-corrected chi connectivity index (χ2v) is 7.90. The number of piperidine rings is 1. The molecule has 22 heavy (non-hydrogen) atoms. The molecule has 5 heteroatoms. The van der Waals surface area contributed by atoms with Crippen LogP contribution in [0.3, 0.4) is 0 Å². The number of rotatable bonds is 5. The summed E-state index contributed by atoms with van der Waals surface area (Å²) in [4.78, 5) is 14.0. The Hall–Kier alpha value is -0.810. The maximum absolute atomic E-state index is 12.2. The summed E-state index contributed by atoms with van der Waals surface area (Å²) in [5, 5.41) is 13.0. The first-order valence-electron chi connectivity index (χ1n) is 8.48. The fourth-order valence-electron chi connectivity index (χ4n) is 2.85. The Morgan fingerprint density at radius 2 is 2.05 bits per heavy atom. The SMILES string of the molecule is CC(O)CC(C)CNC1CN(C(=O)OC(C)(C)C)CCC1C. The molecule has 0 bridgehead atoms. The zero-order valence-corrected chi connectivity index (χ0v) is 15.1. The van der Waals surface area contributed by atoms with E-state index < -0.39 is 5.60 Å². The molecule has 1 aliphatic rings. The summed E-state index contributed by atoms with van der Waals surface area (Å²) < 4.78 is 5.47. The quantitative estimate of drug-likeness (QED) is 0.819. The van der Waals surface area contributed by atoms with Crippen molar-refractivity contribution in [1.82, 2.24) is 10.2 Å². The van der Waals surface area contributed by atoms with Crippen molar-refractivity contribution in [2.45, 2.75) is 72.1 Å². The molecule has 0 saturated carbocycles. The van der Waals surface area contributed by atoms with Crippen LogP contribution >= 0.6 is 0 Å². The van der Waals surface area contributed by atoms with Crippen molar-refractivity contribution in [2.75, 3.05) is 19.6 Å². The predicted molar refractivity (Wildman–Crippen MR) is 88.8 cm³/mol. The van der Waals surface area contributed by atoms with Crippen molar-refractivity contribution >= 4 is 6.09 Å². The number of aliphatic hydroxyl groups excluding tert-OH is 1. The highest BCUT2D eigenvalue weighted by atomic mass is 16.6. The Morgan fingerprint density at radius 3 is 2.59 bits per heavy atom. The second-order valence-electron chi connectivity index (χ2n) is 7.90. The van der Waals surface area contributed by atoms with Crippen LogP contribution in [-0.2, 0) is 4.74 Å². The van der Waals surface area contributed by atoms with E-state index in [9.17, 15) is 9.90 Å². The number of carbonyl (C=O) groups excluding carboxylic acids is 1. The van der Waals surface area contributed by atoms with Gasteiger partial charge in [-0.25, -0.2) is 4.79 Å². The predicted octanol–water partition coefficient (Wildman–Crippen LogP) is 2.63. The van der Waals surface area contributed by atoms with E-state index in [0.29, 0.717) is 18.4 Å². The van der Waals surface area contributed by atoms with Gasteiger partial charge in [0.15, 0.2) is 0 Å². The summed E-state index contributed by atoms with van der Waals surface area (Å²) in [5.74, 6) is 0.960. The van der Waals surface area contributed by atoms with Crippen molar-refractivity contribution in [3.8, 4) is 0 Å². The van der Waals surface area contributed by atoms with Gasteiger partial charge in [0.25, 0.3) is 0 Å². The third kappa shape index (κ3) is 6.97. The molecule has 1 aliphatic heterocycles. The number of hydrogen-bond donors (Lipinski definition) is 2. The fourth-order valence-corrected chi connectivity index (χ4v) is 2.85. The number of likely N-dealkylation sites (tertiary alicyclic amines) is 1. The lowest BCUT2D eigenvalue weighted by molar-refractivity contribution is 0.0146. The molecule has 4 atom stereocenters. The van der Waals surface area contributed by atoms with E-state index in [2.05, 4.69) is 19.2 Å². The molecule has 1 amide bonds. The van der Waals surface area contributed by atoms with E-state index in [1.165, 1.54) is 0 Å². The third-order valence-corrected chi connectivity index (χ3v) is 4.08. The molecule has 0 spiro atoms. The van der Waals surface area contributed by atoms with Crippen LogP contribution < -0.4 is 5.32 Å². The van der Waals surface area contributed by atoms with Crippen LogP contribution in [-0.4, -0.2) is 53.5 Å². The monoisotopic (exact) mass is 314 g/mol. The van der Waals surface area contributed by atoms with Crippen molar-refractivity contribution in [3.05, 3.63) is 0 Å².